The molecule has 0 aromatic carbocycles. The molecule has 4 atom stereocenters. The van der Waals surface area contributed by atoms with Gasteiger partial charge in [0.15, 0.2) is 8.32 Å². The average molecular weight is 363 g/mol. The predicted molar refractivity (Wildman–Crippen MR) is 104 cm³/mol. The van der Waals surface area contributed by atoms with Crippen LogP contribution in [-0.2, 0) is 14.0 Å². The van der Waals surface area contributed by atoms with Crippen LogP contribution in [0.4, 0.5) is 0 Å². The molecular weight excluding hydrogens is 328 g/mol. The van der Waals surface area contributed by atoms with Gasteiger partial charge in [-0.05, 0) is 43.8 Å². The summed E-state index contributed by atoms with van der Waals surface area (Å²) >= 11 is 0. The van der Waals surface area contributed by atoms with Crippen LogP contribution in [0.2, 0.25) is 18.1 Å². The topological polar surface area (TPSA) is 35.5 Å². The zero-order chi connectivity index (χ0) is 18.5. The fraction of sp³-hybridized carbons (Fsp3) is 0.762. The fourth-order valence-electron chi connectivity index (χ4n) is 4.62. The SMILES string of the molecule is C=CC[C@H]1C(=O)C[C@]2(CO[Si](C)(C)C(C)(C)C)C[C@H]3C=CCC[C@@]31O2. The fourth-order valence-corrected chi connectivity index (χ4v) is 5.68. The number of carbonyl (C=O) groups is 1. The summed E-state index contributed by atoms with van der Waals surface area (Å²) in [6, 6.07) is 0. The number of allylic oxidation sites excluding steroid dienone is 2. The highest BCUT2D eigenvalue weighted by Gasteiger charge is 2.64. The molecule has 0 aromatic heterocycles. The summed E-state index contributed by atoms with van der Waals surface area (Å²) < 4.78 is 13.3. The Morgan fingerprint density at radius 2 is 2.16 bits per heavy atom. The second kappa shape index (κ2) is 6.17. The molecule has 2 heterocycles. The minimum atomic E-state index is -1.86. The summed E-state index contributed by atoms with van der Waals surface area (Å²) in [4.78, 5) is 13.0. The van der Waals surface area contributed by atoms with Gasteiger partial charge in [-0.3, -0.25) is 4.79 Å². The molecule has 3 rings (SSSR count). The largest absolute Gasteiger partial charge is 0.414 e. The third-order valence-corrected chi connectivity index (χ3v) is 11.6. The number of hydrogen-bond donors (Lipinski definition) is 0. The van der Waals surface area contributed by atoms with E-state index >= 15 is 0 Å². The van der Waals surface area contributed by atoms with E-state index in [1.54, 1.807) is 0 Å². The molecule has 2 bridgehead atoms. The zero-order valence-corrected chi connectivity index (χ0v) is 17.6. The van der Waals surface area contributed by atoms with Crippen molar-refractivity contribution in [2.75, 3.05) is 6.61 Å². The van der Waals surface area contributed by atoms with Crippen molar-refractivity contribution in [3.63, 3.8) is 0 Å². The zero-order valence-electron chi connectivity index (χ0n) is 16.6. The van der Waals surface area contributed by atoms with Gasteiger partial charge in [-0.25, -0.2) is 0 Å². The Kier molecular flexibility index (Phi) is 4.71. The second-order valence-electron chi connectivity index (χ2n) is 9.79. The van der Waals surface area contributed by atoms with Gasteiger partial charge in [0, 0.05) is 12.3 Å². The molecule has 2 aliphatic heterocycles. The normalized spacial score (nSPS) is 37.9. The third kappa shape index (κ3) is 3.11. The molecule has 2 saturated heterocycles. The summed E-state index contributed by atoms with van der Waals surface area (Å²) in [6.45, 7) is 15.7. The van der Waals surface area contributed by atoms with Gasteiger partial charge < -0.3 is 9.16 Å². The van der Waals surface area contributed by atoms with Gasteiger partial charge in [0.25, 0.3) is 0 Å². The van der Waals surface area contributed by atoms with Crippen molar-refractivity contribution in [2.24, 2.45) is 11.8 Å². The highest BCUT2D eigenvalue weighted by atomic mass is 28.4. The van der Waals surface area contributed by atoms with Gasteiger partial charge >= 0.3 is 0 Å². The first-order valence-electron chi connectivity index (χ1n) is 9.70. The van der Waals surface area contributed by atoms with Crippen LogP contribution in [-0.4, -0.2) is 31.9 Å². The lowest BCUT2D eigenvalue weighted by atomic mass is 9.69. The number of fused-ring (bicyclic) bond motifs is 1. The van der Waals surface area contributed by atoms with E-state index in [9.17, 15) is 4.79 Å². The number of Topliss-reactive ketones (excluding diaryl/α,β-unsaturated/α-hetero) is 1. The van der Waals surface area contributed by atoms with Gasteiger partial charge in [-0.1, -0.05) is 39.0 Å². The smallest absolute Gasteiger partial charge is 0.192 e. The Morgan fingerprint density at radius 1 is 1.44 bits per heavy atom. The van der Waals surface area contributed by atoms with E-state index in [2.05, 4.69) is 52.6 Å². The number of ketones is 1. The van der Waals surface area contributed by atoms with Crippen molar-refractivity contribution in [2.45, 2.75) is 82.2 Å². The number of hydrogen-bond acceptors (Lipinski definition) is 3. The standard InChI is InChI=1S/C21H34O3Si/c1-7-10-17-18(22)14-20(15-23-25(5,6)19(2,3)4)13-16-11-8-9-12-21(16,17)24-20/h7-8,11,16-17H,1,9-10,12-15H2,2-6H3/t16-,17+,20+,21-/m1/s1. The first kappa shape index (κ1) is 19.1. The van der Waals surface area contributed by atoms with E-state index < -0.39 is 13.9 Å². The first-order valence-corrected chi connectivity index (χ1v) is 12.6. The van der Waals surface area contributed by atoms with E-state index in [0.717, 1.165) is 25.7 Å². The highest BCUT2D eigenvalue weighted by Crippen LogP contribution is 2.58. The van der Waals surface area contributed by atoms with Crippen LogP contribution in [0.15, 0.2) is 24.8 Å². The van der Waals surface area contributed by atoms with Crippen molar-refractivity contribution in [3.8, 4) is 0 Å². The van der Waals surface area contributed by atoms with E-state index in [0.29, 0.717) is 24.7 Å². The molecule has 3 aliphatic rings. The Labute approximate surface area is 154 Å². The summed E-state index contributed by atoms with van der Waals surface area (Å²) in [7, 11) is -1.86. The molecule has 0 radical (unpaired) electrons. The maximum absolute atomic E-state index is 13.0. The molecule has 0 N–H and O–H groups in total. The van der Waals surface area contributed by atoms with Crippen molar-refractivity contribution < 1.29 is 14.0 Å². The minimum Gasteiger partial charge on any atom is -0.414 e. The molecule has 1 spiro atoms. The van der Waals surface area contributed by atoms with Gasteiger partial charge in [0.1, 0.15) is 5.78 Å². The quantitative estimate of drug-likeness (QED) is 0.508. The summed E-state index contributed by atoms with van der Waals surface area (Å²) in [6.07, 6.45) is 10.5. The molecule has 1 aliphatic carbocycles. The van der Waals surface area contributed by atoms with Gasteiger partial charge in [-0.2, -0.15) is 0 Å². The lowest BCUT2D eigenvalue weighted by Gasteiger charge is -2.47. The van der Waals surface area contributed by atoms with Crippen LogP contribution in [0.25, 0.3) is 0 Å². The lowest BCUT2D eigenvalue weighted by Crippen LogP contribution is -2.56. The second-order valence-corrected chi connectivity index (χ2v) is 14.6. The molecule has 4 heteroatoms. The lowest BCUT2D eigenvalue weighted by molar-refractivity contribution is -0.192. The van der Waals surface area contributed by atoms with Crippen LogP contribution < -0.4 is 0 Å². The summed E-state index contributed by atoms with van der Waals surface area (Å²) in [5.41, 5.74) is -0.751. The van der Waals surface area contributed by atoms with Crippen LogP contribution in [0, 0.1) is 11.8 Å². The molecule has 0 amide bonds. The van der Waals surface area contributed by atoms with Gasteiger partial charge in [0.05, 0.1) is 23.7 Å². The average Bonchev–Trinajstić information content (AvgIpc) is 2.79. The first-order chi connectivity index (χ1) is 11.6. The van der Waals surface area contributed by atoms with Crippen LogP contribution in [0.3, 0.4) is 0 Å². The molecule has 2 fully saturated rings. The van der Waals surface area contributed by atoms with Crippen LogP contribution >= 0.6 is 0 Å². The molecule has 25 heavy (non-hydrogen) atoms. The van der Waals surface area contributed by atoms with E-state index in [-0.39, 0.29) is 16.6 Å². The summed E-state index contributed by atoms with van der Waals surface area (Å²) in [5.74, 6) is 0.645. The maximum atomic E-state index is 13.0. The van der Waals surface area contributed by atoms with Crippen molar-refractivity contribution in [1.29, 1.82) is 0 Å². The third-order valence-electron chi connectivity index (χ3n) is 7.08. The number of rotatable bonds is 5. The van der Waals surface area contributed by atoms with Crippen molar-refractivity contribution >= 4 is 14.1 Å². The van der Waals surface area contributed by atoms with E-state index in [4.69, 9.17) is 9.16 Å². The van der Waals surface area contributed by atoms with E-state index in [1.807, 2.05) is 6.08 Å². The monoisotopic (exact) mass is 362 g/mol. The molecule has 0 aromatic rings. The highest BCUT2D eigenvalue weighted by molar-refractivity contribution is 6.74. The summed E-state index contributed by atoms with van der Waals surface area (Å²) in [5, 5.41) is 0.163. The minimum absolute atomic E-state index is 0.0385. The number of carbonyl (C=O) groups excluding carboxylic acids is 1. The van der Waals surface area contributed by atoms with Crippen molar-refractivity contribution in [3.05, 3.63) is 24.8 Å². The molecule has 140 valence electrons. The maximum Gasteiger partial charge on any atom is 0.192 e. The molecule has 0 saturated carbocycles. The molecule has 0 unspecified atom stereocenters. The molecule has 3 nitrogen and oxygen atoms in total. The van der Waals surface area contributed by atoms with Crippen LogP contribution in [0.5, 0.6) is 0 Å². The molecular formula is C21H34O3Si. The van der Waals surface area contributed by atoms with E-state index in [1.165, 1.54) is 0 Å². The predicted octanol–water partition coefficient (Wildman–Crippen LogP) is 5.04. The Hall–Kier alpha value is -0.713. The Balaban J connectivity index is 1.86. The Bertz CT molecular complexity index is 588. The van der Waals surface area contributed by atoms with Gasteiger partial charge in [-0.15, -0.1) is 6.58 Å². The van der Waals surface area contributed by atoms with Crippen LogP contribution in [0.1, 0.15) is 52.9 Å². The van der Waals surface area contributed by atoms with Gasteiger partial charge in [0.2, 0.25) is 0 Å². The number of ether oxygens (including phenoxy) is 1. The van der Waals surface area contributed by atoms with Crippen molar-refractivity contribution in [1.82, 2.24) is 0 Å². The Morgan fingerprint density at radius 3 is 2.80 bits per heavy atom.